The summed E-state index contributed by atoms with van der Waals surface area (Å²) >= 11 is 0. The largest absolute Gasteiger partial charge is 0.453 e. The summed E-state index contributed by atoms with van der Waals surface area (Å²) in [6.45, 7) is 1.77. The van der Waals surface area contributed by atoms with E-state index in [-0.39, 0.29) is 29.6 Å². The van der Waals surface area contributed by atoms with Crippen molar-refractivity contribution in [2.75, 3.05) is 6.61 Å². The average molecular weight is 235 g/mol. The number of aromatic nitrogens is 1. The molecule has 1 aliphatic carbocycles. The molecule has 1 aromatic heterocycles. The number of esters is 1. The maximum Gasteiger partial charge on any atom is 0.355 e. The summed E-state index contributed by atoms with van der Waals surface area (Å²) in [7, 11) is 0. The molecule has 1 saturated carbocycles. The summed E-state index contributed by atoms with van der Waals surface area (Å²) in [6, 6.07) is 4.20. The molecule has 0 bridgehead atoms. The first kappa shape index (κ1) is 11.6. The highest BCUT2D eigenvalue weighted by molar-refractivity contribution is 5.91. The molecule has 1 aliphatic rings. The molecule has 0 amide bonds. The number of pyridine rings is 1. The van der Waals surface area contributed by atoms with Crippen LogP contribution in [0, 0.1) is 11.8 Å². The summed E-state index contributed by atoms with van der Waals surface area (Å²) in [5, 5.41) is 0. The number of nitrogens with one attached hydrogen (secondary N) is 1. The molecule has 17 heavy (non-hydrogen) atoms. The number of carbonyl (C=O) groups excluding carboxylic acids is 2. The van der Waals surface area contributed by atoms with E-state index in [2.05, 4.69) is 4.98 Å². The zero-order chi connectivity index (χ0) is 12.4. The molecule has 2 atom stereocenters. The average Bonchev–Trinajstić information content (AvgIpc) is 3.03. The van der Waals surface area contributed by atoms with Gasteiger partial charge < -0.3 is 9.72 Å². The minimum Gasteiger partial charge on any atom is -0.453 e. The molecule has 1 N–H and O–H groups in total. The second-order valence-corrected chi connectivity index (χ2v) is 4.29. The monoisotopic (exact) mass is 235 g/mol. The van der Waals surface area contributed by atoms with E-state index < -0.39 is 5.97 Å². The van der Waals surface area contributed by atoms with Gasteiger partial charge in [0.2, 0.25) is 5.56 Å². The molecule has 5 heteroatoms. The van der Waals surface area contributed by atoms with Gasteiger partial charge in [0.25, 0.3) is 0 Å². The molecule has 0 aliphatic heterocycles. The first-order valence-electron chi connectivity index (χ1n) is 5.47. The van der Waals surface area contributed by atoms with Crippen LogP contribution < -0.4 is 5.56 Å². The molecule has 1 fully saturated rings. The number of hydrogen-bond donors (Lipinski definition) is 1. The molecule has 90 valence electrons. The van der Waals surface area contributed by atoms with Crippen molar-refractivity contribution in [1.29, 1.82) is 0 Å². The van der Waals surface area contributed by atoms with Gasteiger partial charge >= 0.3 is 5.97 Å². The van der Waals surface area contributed by atoms with E-state index in [1.54, 1.807) is 0 Å². The SMILES string of the molecule is CC1CC1C(=O)COC(=O)c1cccc(=O)[nH]1. The summed E-state index contributed by atoms with van der Waals surface area (Å²) in [6.07, 6.45) is 0.874. The van der Waals surface area contributed by atoms with E-state index in [4.69, 9.17) is 4.74 Å². The van der Waals surface area contributed by atoms with Gasteiger partial charge in [-0.2, -0.15) is 0 Å². The third-order valence-corrected chi connectivity index (χ3v) is 2.86. The Morgan fingerprint density at radius 2 is 2.18 bits per heavy atom. The number of hydrogen-bond acceptors (Lipinski definition) is 4. The fraction of sp³-hybridized carbons (Fsp3) is 0.417. The predicted molar refractivity (Wildman–Crippen MR) is 59.6 cm³/mol. The fourth-order valence-electron chi connectivity index (χ4n) is 1.66. The van der Waals surface area contributed by atoms with Gasteiger partial charge in [0, 0.05) is 12.0 Å². The Morgan fingerprint density at radius 1 is 1.47 bits per heavy atom. The minimum absolute atomic E-state index is 0.0395. The molecule has 0 spiro atoms. The lowest BCUT2D eigenvalue weighted by Gasteiger charge is -2.03. The second-order valence-electron chi connectivity index (χ2n) is 4.29. The first-order chi connectivity index (χ1) is 8.08. The van der Waals surface area contributed by atoms with Gasteiger partial charge in [-0.25, -0.2) is 4.79 Å². The maximum absolute atomic E-state index is 11.5. The van der Waals surface area contributed by atoms with E-state index in [0.717, 1.165) is 6.42 Å². The first-order valence-corrected chi connectivity index (χ1v) is 5.47. The van der Waals surface area contributed by atoms with Crippen molar-refractivity contribution >= 4 is 11.8 Å². The molecule has 1 aromatic rings. The lowest BCUT2D eigenvalue weighted by Crippen LogP contribution is -2.18. The Labute approximate surface area is 97.8 Å². The predicted octanol–water partition coefficient (Wildman–Crippen LogP) is 0.757. The van der Waals surface area contributed by atoms with E-state index in [1.165, 1.54) is 18.2 Å². The molecule has 1 heterocycles. The minimum atomic E-state index is -0.677. The van der Waals surface area contributed by atoms with Crippen LogP contribution in [0.4, 0.5) is 0 Å². The standard InChI is InChI=1S/C12H13NO4/c1-7-5-8(7)10(14)6-17-12(16)9-3-2-4-11(15)13-9/h2-4,7-8H,5-6H2,1H3,(H,13,15). The van der Waals surface area contributed by atoms with E-state index >= 15 is 0 Å². The lowest BCUT2D eigenvalue weighted by atomic mass is 10.2. The number of aromatic amines is 1. The van der Waals surface area contributed by atoms with Crippen molar-refractivity contribution in [3.05, 3.63) is 34.2 Å². The van der Waals surface area contributed by atoms with Crippen LogP contribution in [0.25, 0.3) is 0 Å². The molecule has 5 nitrogen and oxygen atoms in total. The van der Waals surface area contributed by atoms with Gasteiger partial charge in [-0.1, -0.05) is 13.0 Å². The van der Waals surface area contributed by atoms with Crippen LogP contribution in [-0.2, 0) is 9.53 Å². The molecule has 0 radical (unpaired) electrons. The molecular weight excluding hydrogens is 222 g/mol. The van der Waals surface area contributed by atoms with Crippen LogP contribution in [0.1, 0.15) is 23.8 Å². The highest BCUT2D eigenvalue weighted by Gasteiger charge is 2.39. The maximum atomic E-state index is 11.5. The van der Waals surface area contributed by atoms with Crippen molar-refractivity contribution in [3.63, 3.8) is 0 Å². The number of rotatable bonds is 4. The van der Waals surface area contributed by atoms with Crippen molar-refractivity contribution in [2.24, 2.45) is 11.8 Å². The lowest BCUT2D eigenvalue weighted by molar-refractivity contribution is -0.123. The number of carbonyl (C=O) groups is 2. The Morgan fingerprint density at radius 3 is 2.76 bits per heavy atom. The van der Waals surface area contributed by atoms with Crippen molar-refractivity contribution in [3.8, 4) is 0 Å². The number of Topliss-reactive ketones (excluding diaryl/α,β-unsaturated/α-hetero) is 1. The Hall–Kier alpha value is -1.91. The molecule has 0 saturated heterocycles. The van der Waals surface area contributed by atoms with Crippen LogP contribution in [0.2, 0.25) is 0 Å². The van der Waals surface area contributed by atoms with Gasteiger partial charge in [-0.05, 0) is 18.4 Å². The normalized spacial score (nSPS) is 21.9. The van der Waals surface area contributed by atoms with Gasteiger partial charge in [-0.3, -0.25) is 9.59 Å². The summed E-state index contributed by atoms with van der Waals surface area (Å²) in [5.41, 5.74) is -0.310. The molecule has 2 rings (SSSR count). The zero-order valence-electron chi connectivity index (χ0n) is 9.43. The van der Waals surface area contributed by atoms with Gasteiger partial charge in [-0.15, -0.1) is 0 Å². The number of ketones is 1. The van der Waals surface area contributed by atoms with E-state index in [1.807, 2.05) is 6.92 Å². The van der Waals surface area contributed by atoms with Crippen LogP contribution in [0.3, 0.4) is 0 Å². The summed E-state index contributed by atoms with van der Waals surface area (Å²) in [5.74, 6) is -0.288. The smallest absolute Gasteiger partial charge is 0.355 e. The zero-order valence-corrected chi connectivity index (χ0v) is 9.43. The van der Waals surface area contributed by atoms with Crippen LogP contribution >= 0.6 is 0 Å². The highest BCUT2D eigenvalue weighted by atomic mass is 16.5. The summed E-state index contributed by atoms with van der Waals surface area (Å²) < 4.78 is 4.84. The van der Waals surface area contributed by atoms with E-state index in [0.29, 0.717) is 5.92 Å². The van der Waals surface area contributed by atoms with Gasteiger partial charge in [0.15, 0.2) is 12.4 Å². The van der Waals surface area contributed by atoms with Gasteiger partial charge in [0.05, 0.1) is 0 Å². The molecule has 0 aromatic carbocycles. The third kappa shape index (κ3) is 2.81. The molecule has 2 unspecified atom stereocenters. The van der Waals surface area contributed by atoms with Crippen LogP contribution in [0.5, 0.6) is 0 Å². The molecular formula is C12H13NO4. The van der Waals surface area contributed by atoms with Gasteiger partial charge in [0.1, 0.15) is 5.69 Å². The Kier molecular flexibility index (Phi) is 3.08. The Balaban J connectivity index is 1.89. The van der Waals surface area contributed by atoms with E-state index in [9.17, 15) is 14.4 Å². The third-order valence-electron chi connectivity index (χ3n) is 2.86. The topological polar surface area (TPSA) is 76.2 Å². The fourth-order valence-corrected chi connectivity index (χ4v) is 1.66. The second kappa shape index (κ2) is 4.53. The van der Waals surface area contributed by atoms with Crippen molar-refractivity contribution in [2.45, 2.75) is 13.3 Å². The Bertz CT molecular complexity index is 505. The van der Waals surface area contributed by atoms with Crippen molar-refractivity contribution in [1.82, 2.24) is 4.98 Å². The van der Waals surface area contributed by atoms with Crippen LogP contribution in [-0.4, -0.2) is 23.3 Å². The highest BCUT2D eigenvalue weighted by Crippen LogP contribution is 2.38. The number of H-pyrrole nitrogens is 1. The number of ether oxygens (including phenoxy) is 1. The summed E-state index contributed by atoms with van der Waals surface area (Å²) in [4.78, 5) is 36.3. The van der Waals surface area contributed by atoms with Crippen LogP contribution in [0.15, 0.2) is 23.0 Å². The quantitative estimate of drug-likeness (QED) is 0.781. The van der Waals surface area contributed by atoms with Crippen molar-refractivity contribution < 1.29 is 14.3 Å².